The van der Waals surface area contributed by atoms with Crippen LogP contribution in [0.2, 0.25) is 0 Å². The largest absolute Gasteiger partial charge is 0.313 e. The second kappa shape index (κ2) is 5.67. The summed E-state index contributed by atoms with van der Waals surface area (Å²) < 4.78 is 26.1. The molecule has 0 spiro atoms. The molecule has 2 fully saturated rings. The van der Waals surface area contributed by atoms with Crippen molar-refractivity contribution in [2.75, 3.05) is 25.4 Å². The second-order valence-corrected chi connectivity index (χ2v) is 7.46. The van der Waals surface area contributed by atoms with E-state index in [0.29, 0.717) is 30.7 Å². The van der Waals surface area contributed by atoms with Crippen LogP contribution in [0.15, 0.2) is 0 Å². The zero-order valence-corrected chi connectivity index (χ0v) is 11.5. The molecule has 1 aliphatic carbocycles. The fourth-order valence-electron chi connectivity index (χ4n) is 2.44. The number of sulfonamides is 1. The van der Waals surface area contributed by atoms with E-state index in [2.05, 4.69) is 5.32 Å². The van der Waals surface area contributed by atoms with Gasteiger partial charge >= 0.3 is 0 Å². The summed E-state index contributed by atoms with van der Waals surface area (Å²) in [7, 11) is -3.02. The van der Waals surface area contributed by atoms with Gasteiger partial charge < -0.3 is 5.32 Å². The van der Waals surface area contributed by atoms with Gasteiger partial charge in [-0.15, -0.1) is 0 Å². The first-order valence-corrected chi connectivity index (χ1v) is 8.44. The first-order valence-electron chi connectivity index (χ1n) is 6.83. The minimum Gasteiger partial charge on any atom is -0.313 e. The summed E-state index contributed by atoms with van der Waals surface area (Å²) in [6.45, 7) is 4.40. The Hall–Kier alpha value is -0.130. The highest BCUT2D eigenvalue weighted by molar-refractivity contribution is 7.89. The van der Waals surface area contributed by atoms with E-state index in [-0.39, 0.29) is 0 Å². The van der Waals surface area contributed by atoms with Crippen LogP contribution < -0.4 is 5.32 Å². The van der Waals surface area contributed by atoms with Gasteiger partial charge in [0, 0.05) is 19.1 Å². The molecule has 1 N–H and O–H groups in total. The molecule has 1 unspecified atom stereocenters. The lowest BCUT2D eigenvalue weighted by Crippen LogP contribution is -2.43. The van der Waals surface area contributed by atoms with Crippen LogP contribution in [-0.2, 0) is 10.0 Å². The molecule has 1 atom stereocenters. The molecule has 1 aliphatic heterocycles. The first-order chi connectivity index (χ1) is 8.12. The third-order valence-electron chi connectivity index (χ3n) is 3.60. The van der Waals surface area contributed by atoms with Crippen LogP contribution in [-0.4, -0.2) is 44.2 Å². The molecule has 0 aromatic rings. The van der Waals surface area contributed by atoms with Crippen LogP contribution in [0.3, 0.4) is 0 Å². The van der Waals surface area contributed by atoms with Crippen LogP contribution in [0.4, 0.5) is 0 Å². The Bertz CT molecular complexity index is 332. The number of hydrogen-bond acceptors (Lipinski definition) is 3. The average Bonchev–Trinajstić information content (AvgIpc) is 2.92. The van der Waals surface area contributed by atoms with Gasteiger partial charge in [0.1, 0.15) is 0 Å². The van der Waals surface area contributed by atoms with E-state index in [4.69, 9.17) is 0 Å². The molecule has 0 aromatic carbocycles. The average molecular weight is 260 g/mol. The molecule has 0 amide bonds. The smallest absolute Gasteiger partial charge is 0.214 e. The minimum absolute atomic E-state index is 0.298. The normalized spacial score (nSPS) is 25.6. The van der Waals surface area contributed by atoms with Gasteiger partial charge in [0.25, 0.3) is 0 Å². The van der Waals surface area contributed by atoms with E-state index in [1.807, 2.05) is 6.92 Å². The Morgan fingerprint density at radius 3 is 2.53 bits per heavy atom. The quantitative estimate of drug-likeness (QED) is 0.748. The highest BCUT2D eigenvalue weighted by Crippen LogP contribution is 2.31. The van der Waals surface area contributed by atoms with Gasteiger partial charge in [-0.1, -0.05) is 6.92 Å². The van der Waals surface area contributed by atoms with Crippen molar-refractivity contribution < 1.29 is 8.42 Å². The van der Waals surface area contributed by atoms with Crippen molar-refractivity contribution >= 4 is 10.0 Å². The molecule has 4 nitrogen and oxygen atoms in total. The van der Waals surface area contributed by atoms with E-state index in [9.17, 15) is 8.42 Å². The van der Waals surface area contributed by atoms with E-state index in [0.717, 1.165) is 19.5 Å². The Morgan fingerprint density at radius 2 is 2.00 bits per heavy atom. The predicted molar refractivity (Wildman–Crippen MR) is 69.4 cm³/mol. The molecule has 0 radical (unpaired) electrons. The molecule has 1 heterocycles. The van der Waals surface area contributed by atoms with Crippen molar-refractivity contribution in [3.05, 3.63) is 0 Å². The monoisotopic (exact) mass is 260 g/mol. The molecule has 17 heavy (non-hydrogen) atoms. The summed E-state index contributed by atoms with van der Waals surface area (Å²) in [5.41, 5.74) is 0. The molecular formula is C12H24N2O2S. The highest BCUT2D eigenvalue weighted by atomic mass is 32.2. The standard InChI is InChI=1S/C12H24N2O2S/c1-2-8-17(15,16)14(9-11-5-6-11)10-12-4-3-7-13-12/h11-13H,2-10H2,1H3. The minimum atomic E-state index is -3.02. The zero-order valence-electron chi connectivity index (χ0n) is 10.7. The summed E-state index contributed by atoms with van der Waals surface area (Å²) in [5, 5.41) is 3.39. The SMILES string of the molecule is CCCS(=O)(=O)N(CC1CC1)CC1CCCN1. The fraction of sp³-hybridized carbons (Fsp3) is 1.00. The van der Waals surface area contributed by atoms with Crippen molar-refractivity contribution in [3.8, 4) is 0 Å². The van der Waals surface area contributed by atoms with Gasteiger partial charge in [0.2, 0.25) is 10.0 Å². The molecule has 0 bridgehead atoms. The highest BCUT2D eigenvalue weighted by Gasteiger charge is 2.32. The van der Waals surface area contributed by atoms with Crippen LogP contribution >= 0.6 is 0 Å². The number of rotatable bonds is 7. The maximum Gasteiger partial charge on any atom is 0.214 e. The third kappa shape index (κ3) is 3.93. The van der Waals surface area contributed by atoms with E-state index in [1.54, 1.807) is 4.31 Å². The van der Waals surface area contributed by atoms with Crippen LogP contribution in [0.5, 0.6) is 0 Å². The molecular weight excluding hydrogens is 236 g/mol. The number of nitrogens with zero attached hydrogens (tertiary/aromatic N) is 1. The summed E-state index contributed by atoms with van der Waals surface area (Å²) >= 11 is 0. The van der Waals surface area contributed by atoms with Crippen molar-refractivity contribution in [2.24, 2.45) is 5.92 Å². The van der Waals surface area contributed by atoms with Crippen LogP contribution in [0, 0.1) is 5.92 Å². The van der Waals surface area contributed by atoms with E-state index < -0.39 is 10.0 Å². The van der Waals surface area contributed by atoms with Gasteiger partial charge in [-0.3, -0.25) is 0 Å². The summed E-state index contributed by atoms with van der Waals surface area (Å²) in [4.78, 5) is 0. The van der Waals surface area contributed by atoms with Crippen LogP contribution in [0.1, 0.15) is 39.0 Å². The fourth-order valence-corrected chi connectivity index (χ4v) is 4.05. The van der Waals surface area contributed by atoms with Crippen LogP contribution in [0.25, 0.3) is 0 Å². The Morgan fingerprint density at radius 1 is 1.24 bits per heavy atom. The van der Waals surface area contributed by atoms with Crippen molar-refractivity contribution in [1.29, 1.82) is 0 Å². The first kappa shape index (κ1) is 13.3. The second-order valence-electron chi connectivity index (χ2n) is 5.37. The van der Waals surface area contributed by atoms with Gasteiger partial charge in [0.05, 0.1) is 5.75 Å². The number of nitrogens with one attached hydrogen (secondary N) is 1. The topological polar surface area (TPSA) is 49.4 Å². The lowest BCUT2D eigenvalue weighted by atomic mass is 10.2. The third-order valence-corrected chi connectivity index (χ3v) is 5.61. The maximum atomic E-state index is 12.2. The van der Waals surface area contributed by atoms with E-state index >= 15 is 0 Å². The van der Waals surface area contributed by atoms with Crippen molar-refractivity contribution in [3.63, 3.8) is 0 Å². The van der Waals surface area contributed by atoms with Gasteiger partial charge in [-0.25, -0.2) is 12.7 Å². The molecule has 5 heteroatoms. The van der Waals surface area contributed by atoms with Crippen molar-refractivity contribution in [2.45, 2.75) is 45.1 Å². The van der Waals surface area contributed by atoms with Crippen molar-refractivity contribution in [1.82, 2.24) is 9.62 Å². The summed E-state index contributed by atoms with van der Waals surface area (Å²) in [6, 6.07) is 0.375. The van der Waals surface area contributed by atoms with Gasteiger partial charge in [0.15, 0.2) is 0 Å². The summed E-state index contributed by atoms with van der Waals surface area (Å²) in [6.07, 6.45) is 5.41. The molecule has 100 valence electrons. The lowest BCUT2D eigenvalue weighted by molar-refractivity contribution is 0.358. The Kier molecular flexibility index (Phi) is 4.44. The number of hydrogen-bond donors (Lipinski definition) is 1. The molecule has 2 rings (SSSR count). The zero-order chi connectivity index (χ0) is 12.3. The summed E-state index contributed by atoms with van der Waals surface area (Å²) in [5.74, 6) is 0.926. The maximum absolute atomic E-state index is 12.2. The molecule has 1 saturated carbocycles. The lowest BCUT2D eigenvalue weighted by Gasteiger charge is -2.25. The van der Waals surface area contributed by atoms with Gasteiger partial charge in [-0.2, -0.15) is 0 Å². The molecule has 1 saturated heterocycles. The van der Waals surface area contributed by atoms with Gasteiger partial charge in [-0.05, 0) is 44.6 Å². The predicted octanol–water partition coefficient (Wildman–Crippen LogP) is 1.19. The molecule has 0 aromatic heterocycles. The Labute approximate surface area is 105 Å². The van der Waals surface area contributed by atoms with E-state index in [1.165, 1.54) is 19.3 Å². The molecule has 2 aliphatic rings. The Balaban J connectivity index is 1.95.